The Morgan fingerprint density at radius 1 is 1.14 bits per heavy atom. The lowest BCUT2D eigenvalue weighted by atomic mass is 9.87. The Morgan fingerprint density at radius 3 is 2.52 bits per heavy atom. The number of hydrogen-bond donors (Lipinski definition) is 2. The zero-order valence-corrected chi connectivity index (χ0v) is 17.0. The number of aromatic nitrogens is 2. The van der Waals surface area contributed by atoms with Crippen molar-refractivity contribution in [2.75, 3.05) is 5.32 Å². The third-order valence-corrected chi connectivity index (χ3v) is 6.19. The number of nitrogens with one attached hydrogen (secondary N) is 1. The molecule has 0 saturated carbocycles. The zero-order valence-electron chi connectivity index (χ0n) is 16.2. The first-order valence-corrected chi connectivity index (χ1v) is 10.3. The number of nitrogens with zero attached hydrogens (tertiary/aromatic N) is 2. The normalized spacial score (nSPS) is 15.7. The molecular formula is C22H21N3O3S. The van der Waals surface area contributed by atoms with Crippen LogP contribution in [0.5, 0.6) is 5.75 Å². The van der Waals surface area contributed by atoms with Crippen LogP contribution in [0.25, 0.3) is 0 Å². The summed E-state index contributed by atoms with van der Waals surface area (Å²) in [7, 11) is 1.81. The van der Waals surface area contributed by atoms with E-state index in [1.54, 1.807) is 28.8 Å². The molecule has 4 rings (SSSR count). The molecule has 1 aliphatic rings. The maximum atomic E-state index is 12.9. The molecule has 1 aromatic heterocycles. The van der Waals surface area contributed by atoms with Crippen molar-refractivity contribution in [3.05, 3.63) is 81.1 Å². The number of aryl methyl sites for hydroxylation is 1. The van der Waals surface area contributed by atoms with Gasteiger partial charge in [-0.25, -0.2) is 0 Å². The largest absolute Gasteiger partial charge is 0.508 e. The summed E-state index contributed by atoms with van der Waals surface area (Å²) in [5.41, 5.74) is 3.29. The van der Waals surface area contributed by atoms with Crippen molar-refractivity contribution in [3.8, 4) is 5.75 Å². The molecule has 1 aliphatic heterocycles. The van der Waals surface area contributed by atoms with Crippen molar-refractivity contribution in [1.82, 2.24) is 9.55 Å². The van der Waals surface area contributed by atoms with Gasteiger partial charge in [0, 0.05) is 25.1 Å². The van der Waals surface area contributed by atoms with Crippen LogP contribution < -0.4 is 10.9 Å². The van der Waals surface area contributed by atoms with E-state index < -0.39 is 0 Å². The van der Waals surface area contributed by atoms with E-state index in [1.807, 2.05) is 14.0 Å². The van der Waals surface area contributed by atoms with Gasteiger partial charge in [0.25, 0.3) is 5.56 Å². The summed E-state index contributed by atoms with van der Waals surface area (Å²) in [5, 5.41) is 12.9. The molecule has 6 nitrogen and oxygen atoms in total. The van der Waals surface area contributed by atoms with Crippen molar-refractivity contribution in [3.63, 3.8) is 0 Å². The predicted molar refractivity (Wildman–Crippen MR) is 113 cm³/mol. The van der Waals surface area contributed by atoms with Gasteiger partial charge in [0.1, 0.15) is 11.6 Å². The number of amides is 1. The number of carbonyl (C=O) groups excluding carboxylic acids is 1. The average molecular weight is 407 g/mol. The zero-order chi connectivity index (χ0) is 20.5. The molecule has 1 amide bonds. The van der Waals surface area contributed by atoms with E-state index in [2.05, 4.69) is 34.6 Å². The fourth-order valence-electron chi connectivity index (χ4n) is 3.49. The maximum absolute atomic E-state index is 12.9. The number of anilines is 1. The minimum absolute atomic E-state index is 0.142. The Balaban J connectivity index is 1.70. The first-order valence-electron chi connectivity index (χ1n) is 9.30. The smallest absolute Gasteiger partial charge is 0.279 e. The van der Waals surface area contributed by atoms with Crippen molar-refractivity contribution < 1.29 is 9.90 Å². The summed E-state index contributed by atoms with van der Waals surface area (Å²) in [6.45, 7) is 2.04. The van der Waals surface area contributed by atoms with Gasteiger partial charge in [-0.2, -0.15) is 4.98 Å². The molecule has 0 bridgehead atoms. The van der Waals surface area contributed by atoms with Crippen molar-refractivity contribution in [2.24, 2.45) is 7.05 Å². The molecular weight excluding hydrogens is 386 g/mol. The summed E-state index contributed by atoms with van der Waals surface area (Å²) in [4.78, 5) is 29.6. The molecule has 2 aromatic carbocycles. The second-order valence-corrected chi connectivity index (χ2v) is 8.13. The third-order valence-electron chi connectivity index (χ3n) is 5.08. The maximum Gasteiger partial charge on any atom is 0.279 e. The number of hydrogen-bond acceptors (Lipinski definition) is 5. The Kier molecular flexibility index (Phi) is 5.15. The number of carbonyl (C=O) groups is 1. The van der Waals surface area contributed by atoms with E-state index >= 15 is 0 Å². The van der Waals surface area contributed by atoms with Crippen LogP contribution >= 0.6 is 11.8 Å². The topological polar surface area (TPSA) is 84.2 Å². The van der Waals surface area contributed by atoms with E-state index in [0.717, 1.165) is 11.1 Å². The van der Waals surface area contributed by atoms with Crippen LogP contribution in [-0.4, -0.2) is 20.6 Å². The number of phenols is 1. The van der Waals surface area contributed by atoms with Crippen molar-refractivity contribution in [2.45, 2.75) is 30.2 Å². The van der Waals surface area contributed by atoms with Crippen LogP contribution in [0.4, 0.5) is 5.82 Å². The second-order valence-electron chi connectivity index (χ2n) is 7.19. The summed E-state index contributed by atoms with van der Waals surface area (Å²) in [6.07, 6.45) is 0.171. The number of rotatable bonds is 4. The fraction of sp³-hybridized carbons (Fsp3) is 0.227. The van der Waals surface area contributed by atoms with E-state index in [0.29, 0.717) is 22.3 Å². The molecule has 148 valence electrons. The molecule has 0 spiro atoms. The van der Waals surface area contributed by atoms with Gasteiger partial charge in [-0.15, -0.1) is 0 Å². The lowest BCUT2D eigenvalue weighted by molar-refractivity contribution is -0.116. The first-order chi connectivity index (χ1) is 13.9. The SMILES string of the molecule is Cc1ccc(CSc2nc(=O)c3c(n2C)NC(=O)CC3c2ccc(O)cc2)cc1. The lowest BCUT2D eigenvalue weighted by Crippen LogP contribution is -2.33. The van der Waals surface area contributed by atoms with Crippen LogP contribution in [0.1, 0.15) is 34.6 Å². The van der Waals surface area contributed by atoms with E-state index in [9.17, 15) is 14.7 Å². The summed E-state index contributed by atoms with van der Waals surface area (Å²) < 4.78 is 1.78. The Bertz CT molecular complexity index is 1120. The first kappa shape index (κ1) is 19.3. The van der Waals surface area contributed by atoms with E-state index in [1.165, 1.54) is 17.3 Å². The van der Waals surface area contributed by atoms with E-state index in [4.69, 9.17) is 0 Å². The Morgan fingerprint density at radius 2 is 1.83 bits per heavy atom. The van der Waals surface area contributed by atoms with Crippen LogP contribution in [0.3, 0.4) is 0 Å². The van der Waals surface area contributed by atoms with Gasteiger partial charge in [0.15, 0.2) is 5.16 Å². The Hall–Kier alpha value is -3.06. The van der Waals surface area contributed by atoms with Crippen LogP contribution in [0, 0.1) is 6.92 Å². The number of thioether (sulfide) groups is 1. The molecule has 0 radical (unpaired) electrons. The monoisotopic (exact) mass is 407 g/mol. The van der Waals surface area contributed by atoms with Gasteiger partial charge in [-0.1, -0.05) is 53.7 Å². The fourth-order valence-corrected chi connectivity index (χ4v) is 4.41. The lowest BCUT2D eigenvalue weighted by Gasteiger charge is -2.27. The molecule has 0 fully saturated rings. The molecule has 1 atom stereocenters. The molecule has 29 heavy (non-hydrogen) atoms. The summed E-state index contributed by atoms with van der Waals surface area (Å²) in [5.74, 6) is 0.774. The highest BCUT2D eigenvalue weighted by atomic mass is 32.2. The molecule has 1 unspecified atom stereocenters. The van der Waals surface area contributed by atoms with Crippen molar-refractivity contribution in [1.29, 1.82) is 0 Å². The molecule has 2 heterocycles. The van der Waals surface area contributed by atoms with Gasteiger partial charge in [0.05, 0.1) is 5.56 Å². The highest BCUT2D eigenvalue weighted by Crippen LogP contribution is 2.36. The minimum Gasteiger partial charge on any atom is -0.508 e. The van der Waals surface area contributed by atoms with Gasteiger partial charge in [-0.3, -0.25) is 9.59 Å². The van der Waals surface area contributed by atoms with Crippen molar-refractivity contribution >= 4 is 23.5 Å². The van der Waals surface area contributed by atoms with E-state index in [-0.39, 0.29) is 29.6 Å². The summed E-state index contributed by atoms with van der Waals surface area (Å²) >= 11 is 1.46. The quantitative estimate of drug-likeness (QED) is 0.510. The summed E-state index contributed by atoms with van der Waals surface area (Å²) in [6, 6.07) is 14.8. The number of aromatic hydroxyl groups is 1. The number of benzene rings is 2. The van der Waals surface area contributed by atoms with Gasteiger partial charge >= 0.3 is 0 Å². The van der Waals surface area contributed by atoms with Crippen LogP contribution in [-0.2, 0) is 17.6 Å². The van der Waals surface area contributed by atoms with Crippen LogP contribution in [0.2, 0.25) is 0 Å². The minimum atomic E-state index is -0.387. The van der Waals surface area contributed by atoms with Crippen LogP contribution in [0.15, 0.2) is 58.5 Å². The highest BCUT2D eigenvalue weighted by Gasteiger charge is 2.32. The second kappa shape index (κ2) is 7.75. The molecule has 2 N–H and O–H groups in total. The molecule has 0 aliphatic carbocycles. The van der Waals surface area contributed by atoms with Gasteiger partial charge < -0.3 is 15.0 Å². The number of phenolic OH excluding ortho intramolecular Hbond substituents is 1. The average Bonchev–Trinajstić information content (AvgIpc) is 2.70. The predicted octanol–water partition coefficient (Wildman–Crippen LogP) is 3.56. The molecule has 3 aromatic rings. The highest BCUT2D eigenvalue weighted by molar-refractivity contribution is 7.98. The molecule has 0 saturated heterocycles. The third kappa shape index (κ3) is 3.91. The van der Waals surface area contributed by atoms with Gasteiger partial charge in [0.2, 0.25) is 5.91 Å². The molecule has 7 heteroatoms. The Labute approximate surface area is 172 Å². The number of fused-ring (bicyclic) bond motifs is 1. The standard InChI is InChI=1S/C22H21N3O3S/c1-13-3-5-14(6-4-13)12-29-22-24-21(28)19-17(15-7-9-16(26)10-8-15)11-18(27)23-20(19)25(22)2/h3-10,17,26H,11-12H2,1-2H3,(H,23,27). The van der Waals surface area contributed by atoms with Gasteiger partial charge in [-0.05, 0) is 30.2 Å².